The Morgan fingerprint density at radius 3 is 2.80 bits per heavy atom. The van der Waals surface area contributed by atoms with E-state index < -0.39 is 0 Å². The van der Waals surface area contributed by atoms with Gasteiger partial charge >= 0.3 is 5.97 Å². The van der Waals surface area contributed by atoms with Crippen molar-refractivity contribution in [2.45, 2.75) is 39.7 Å². The fraction of sp³-hybridized carbons (Fsp3) is 0.769. The van der Waals surface area contributed by atoms with E-state index in [9.17, 15) is 4.79 Å². The zero-order valence-electron chi connectivity index (χ0n) is 9.77. The monoisotopic (exact) mass is 208 g/mol. The highest BCUT2D eigenvalue weighted by Crippen LogP contribution is 2.45. The van der Waals surface area contributed by atoms with E-state index in [1.54, 1.807) is 0 Å². The minimum Gasteiger partial charge on any atom is -0.462 e. The fourth-order valence-corrected chi connectivity index (χ4v) is 3.25. The molecule has 2 unspecified atom stereocenters. The van der Waals surface area contributed by atoms with Crippen LogP contribution in [-0.4, -0.2) is 12.1 Å². The van der Waals surface area contributed by atoms with Gasteiger partial charge in [0.15, 0.2) is 0 Å². The second kappa shape index (κ2) is 3.99. The lowest BCUT2D eigenvalue weighted by Gasteiger charge is -2.41. The molecule has 5 atom stereocenters. The molecule has 15 heavy (non-hydrogen) atoms. The SMILES string of the molecule is CC(=O)O[C@H]1CC(C)[C@@H]2C=CC[C@@H]2C1C. The van der Waals surface area contributed by atoms with Crippen LogP contribution in [0.4, 0.5) is 0 Å². The molecule has 84 valence electrons. The molecule has 0 bridgehead atoms. The van der Waals surface area contributed by atoms with Crippen molar-refractivity contribution in [3.8, 4) is 0 Å². The molecule has 0 N–H and O–H groups in total. The lowest BCUT2D eigenvalue weighted by Crippen LogP contribution is -2.40. The summed E-state index contributed by atoms with van der Waals surface area (Å²) in [7, 11) is 0. The average Bonchev–Trinajstić information content (AvgIpc) is 2.61. The summed E-state index contributed by atoms with van der Waals surface area (Å²) < 4.78 is 5.42. The third kappa shape index (κ3) is 1.95. The molecule has 0 aromatic rings. The number of allylic oxidation sites excluding steroid dienone is 2. The van der Waals surface area contributed by atoms with Gasteiger partial charge < -0.3 is 4.74 Å². The summed E-state index contributed by atoms with van der Waals surface area (Å²) in [5.74, 6) is 2.42. The van der Waals surface area contributed by atoms with Gasteiger partial charge in [0.2, 0.25) is 0 Å². The van der Waals surface area contributed by atoms with Gasteiger partial charge in [-0.3, -0.25) is 4.79 Å². The van der Waals surface area contributed by atoms with E-state index in [1.807, 2.05) is 0 Å². The lowest BCUT2D eigenvalue weighted by molar-refractivity contribution is -0.154. The number of hydrogen-bond donors (Lipinski definition) is 0. The Morgan fingerprint density at radius 2 is 2.13 bits per heavy atom. The van der Waals surface area contributed by atoms with Gasteiger partial charge in [-0.15, -0.1) is 0 Å². The summed E-state index contributed by atoms with van der Waals surface area (Å²) in [5, 5.41) is 0. The Balaban J connectivity index is 2.08. The topological polar surface area (TPSA) is 26.3 Å². The summed E-state index contributed by atoms with van der Waals surface area (Å²) in [6.07, 6.45) is 6.97. The van der Waals surface area contributed by atoms with Crippen LogP contribution < -0.4 is 0 Å². The number of ether oxygens (including phenoxy) is 1. The molecule has 2 aliphatic rings. The number of hydrogen-bond acceptors (Lipinski definition) is 2. The molecule has 2 heteroatoms. The highest BCUT2D eigenvalue weighted by molar-refractivity contribution is 5.66. The maximum atomic E-state index is 11.0. The van der Waals surface area contributed by atoms with Crippen LogP contribution in [0.3, 0.4) is 0 Å². The summed E-state index contributed by atoms with van der Waals surface area (Å²) in [5.41, 5.74) is 0. The minimum atomic E-state index is -0.136. The number of esters is 1. The number of carbonyl (C=O) groups is 1. The molecule has 2 aliphatic carbocycles. The predicted octanol–water partition coefficient (Wildman–Crippen LogP) is 2.79. The van der Waals surface area contributed by atoms with E-state index in [4.69, 9.17) is 4.74 Å². The van der Waals surface area contributed by atoms with Crippen molar-refractivity contribution in [3.05, 3.63) is 12.2 Å². The Morgan fingerprint density at radius 1 is 1.40 bits per heavy atom. The molecule has 0 heterocycles. The molecule has 0 aromatic carbocycles. The van der Waals surface area contributed by atoms with Gasteiger partial charge in [-0.05, 0) is 36.5 Å². The van der Waals surface area contributed by atoms with Crippen LogP contribution in [0, 0.1) is 23.7 Å². The number of fused-ring (bicyclic) bond motifs is 1. The maximum Gasteiger partial charge on any atom is 0.302 e. The second-order valence-corrected chi connectivity index (χ2v) is 5.13. The van der Waals surface area contributed by atoms with Crippen LogP contribution in [-0.2, 0) is 9.53 Å². The van der Waals surface area contributed by atoms with Crippen molar-refractivity contribution in [2.24, 2.45) is 23.7 Å². The van der Waals surface area contributed by atoms with Crippen LogP contribution in [0.5, 0.6) is 0 Å². The normalized spacial score (nSPS) is 43.8. The highest BCUT2D eigenvalue weighted by Gasteiger charge is 2.42. The third-order valence-electron chi connectivity index (χ3n) is 4.10. The first-order valence-electron chi connectivity index (χ1n) is 5.93. The number of carbonyl (C=O) groups excluding carboxylic acids is 1. The van der Waals surface area contributed by atoms with Crippen molar-refractivity contribution in [1.29, 1.82) is 0 Å². The summed E-state index contributed by atoms with van der Waals surface area (Å²) >= 11 is 0. The molecule has 1 saturated carbocycles. The standard InChI is InChI=1S/C13H20O2/c1-8-7-13(15-10(3)14)9(2)12-6-4-5-11(8)12/h4-5,8-9,11-13H,6-7H2,1-3H3/t8?,9?,11-,12+,13-/m0/s1. The highest BCUT2D eigenvalue weighted by atomic mass is 16.5. The summed E-state index contributed by atoms with van der Waals surface area (Å²) in [6, 6.07) is 0. The number of rotatable bonds is 1. The molecular formula is C13H20O2. The average molecular weight is 208 g/mol. The van der Waals surface area contributed by atoms with Crippen LogP contribution in [0.2, 0.25) is 0 Å². The Hall–Kier alpha value is -0.790. The van der Waals surface area contributed by atoms with Crippen LogP contribution in [0.1, 0.15) is 33.6 Å². The fourth-order valence-electron chi connectivity index (χ4n) is 3.25. The largest absolute Gasteiger partial charge is 0.462 e. The van der Waals surface area contributed by atoms with Crippen LogP contribution in [0.25, 0.3) is 0 Å². The smallest absolute Gasteiger partial charge is 0.302 e. The molecule has 0 spiro atoms. The van der Waals surface area contributed by atoms with Crippen molar-refractivity contribution >= 4 is 5.97 Å². The van der Waals surface area contributed by atoms with Gasteiger partial charge in [-0.25, -0.2) is 0 Å². The molecular weight excluding hydrogens is 188 g/mol. The van der Waals surface area contributed by atoms with Crippen molar-refractivity contribution in [1.82, 2.24) is 0 Å². The van der Waals surface area contributed by atoms with Gasteiger partial charge in [0.05, 0.1) is 0 Å². The van der Waals surface area contributed by atoms with E-state index in [0.29, 0.717) is 23.7 Å². The maximum absolute atomic E-state index is 11.0. The molecule has 0 saturated heterocycles. The van der Waals surface area contributed by atoms with Crippen molar-refractivity contribution < 1.29 is 9.53 Å². The first kappa shape index (κ1) is 10.7. The van der Waals surface area contributed by atoms with Crippen LogP contribution >= 0.6 is 0 Å². The Bertz CT molecular complexity index is 282. The zero-order valence-corrected chi connectivity index (χ0v) is 9.77. The molecule has 0 aliphatic heterocycles. The van der Waals surface area contributed by atoms with Gasteiger partial charge in [-0.1, -0.05) is 26.0 Å². The van der Waals surface area contributed by atoms with E-state index in [-0.39, 0.29) is 12.1 Å². The summed E-state index contributed by atoms with van der Waals surface area (Å²) in [4.78, 5) is 11.0. The van der Waals surface area contributed by atoms with Gasteiger partial charge in [0, 0.05) is 6.92 Å². The first-order chi connectivity index (χ1) is 7.09. The summed E-state index contributed by atoms with van der Waals surface area (Å²) in [6.45, 7) is 6.01. The third-order valence-corrected chi connectivity index (χ3v) is 4.10. The molecule has 0 radical (unpaired) electrons. The molecule has 1 fully saturated rings. The Labute approximate surface area is 91.7 Å². The van der Waals surface area contributed by atoms with Gasteiger partial charge in [-0.2, -0.15) is 0 Å². The van der Waals surface area contributed by atoms with E-state index >= 15 is 0 Å². The molecule has 2 rings (SSSR count). The van der Waals surface area contributed by atoms with Crippen molar-refractivity contribution in [3.63, 3.8) is 0 Å². The lowest BCUT2D eigenvalue weighted by atomic mass is 9.68. The zero-order chi connectivity index (χ0) is 11.0. The van der Waals surface area contributed by atoms with E-state index in [0.717, 1.165) is 12.8 Å². The molecule has 0 amide bonds. The molecule has 2 nitrogen and oxygen atoms in total. The Kier molecular flexibility index (Phi) is 2.85. The minimum absolute atomic E-state index is 0.136. The quantitative estimate of drug-likeness (QED) is 0.489. The van der Waals surface area contributed by atoms with Gasteiger partial charge in [0.25, 0.3) is 0 Å². The first-order valence-corrected chi connectivity index (χ1v) is 5.93. The van der Waals surface area contributed by atoms with Crippen LogP contribution in [0.15, 0.2) is 12.2 Å². The van der Waals surface area contributed by atoms with E-state index in [2.05, 4.69) is 26.0 Å². The predicted molar refractivity (Wildman–Crippen MR) is 59.2 cm³/mol. The van der Waals surface area contributed by atoms with Gasteiger partial charge in [0.1, 0.15) is 6.10 Å². The van der Waals surface area contributed by atoms with E-state index in [1.165, 1.54) is 6.92 Å². The second-order valence-electron chi connectivity index (χ2n) is 5.13. The van der Waals surface area contributed by atoms with Crippen molar-refractivity contribution in [2.75, 3.05) is 0 Å². The molecule has 0 aromatic heterocycles.